The Morgan fingerprint density at radius 1 is 0.548 bits per heavy atom. The fourth-order valence-corrected chi connectivity index (χ4v) is 12.1. The van der Waals surface area contributed by atoms with Gasteiger partial charge in [-0.25, -0.2) is 9.59 Å². The molecule has 2 heterocycles. The van der Waals surface area contributed by atoms with Crippen LogP contribution in [0.1, 0.15) is 150 Å². The van der Waals surface area contributed by atoms with Gasteiger partial charge >= 0.3 is 11.9 Å². The van der Waals surface area contributed by atoms with Gasteiger partial charge in [0.05, 0.1) is 25.2 Å². The minimum absolute atomic E-state index is 0.00801. The number of carbonyl (C=O) groups is 4. The smallest absolute Gasteiger partial charge is 0.417 e. The Bertz CT molecular complexity index is 1750. The van der Waals surface area contributed by atoms with Crippen LogP contribution < -0.4 is 10.6 Å². The summed E-state index contributed by atoms with van der Waals surface area (Å²) >= 11 is 0. The van der Waals surface area contributed by atoms with Crippen LogP contribution >= 0.6 is 0 Å². The molecule has 4 N–H and O–H groups in total. The van der Waals surface area contributed by atoms with E-state index in [0.717, 1.165) is 38.5 Å². The number of fused-ring (bicyclic) bond motifs is 2. The third-order valence-electron chi connectivity index (χ3n) is 15.4. The van der Waals surface area contributed by atoms with Crippen molar-refractivity contribution in [1.82, 2.24) is 20.4 Å². The van der Waals surface area contributed by atoms with E-state index in [-0.39, 0.29) is 50.1 Å². The summed E-state index contributed by atoms with van der Waals surface area (Å²) in [4.78, 5) is 58.5. The summed E-state index contributed by atoms with van der Waals surface area (Å²) in [6.07, 6.45) is 15.6. The molecule has 0 radical (unpaired) electrons. The van der Waals surface area contributed by atoms with E-state index in [1.165, 1.54) is 60.8 Å². The number of benzene rings is 2. The molecule has 8 rings (SSSR count). The number of hydrogen-bond acceptors (Lipinski definition) is 10. The first-order valence-electron chi connectivity index (χ1n) is 24.2. The lowest BCUT2D eigenvalue weighted by Gasteiger charge is -2.43. The van der Waals surface area contributed by atoms with Gasteiger partial charge in [-0.2, -0.15) is 0 Å². The Hall–Kier alpha value is -3.84. The van der Waals surface area contributed by atoms with Crippen LogP contribution in [-0.2, 0) is 41.5 Å². The summed E-state index contributed by atoms with van der Waals surface area (Å²) < 4.78 is 11.4. The van der Waals surface area contributed by atoms with Gasteiger partial charge in [-0.15, -0.1) is 0 Å². The lowest BCUT2D eigenvalue weighted by atomic mass is 9.77. The maximum absolute atomic E-state index is 13.9. The quantitative estimate of drug-likeness (QED) is 0.147. The standard InChI is InChI=1S/C50H70N4O8/c55-43(53-29-25-35-15-7-9-21-39(35)45(53)37-17-3-1-4-18-37)31-51-33-49(59)27-13-11-23-41(49)61-47(57)48(58)62-42-24-12-14-28-50(42,60)34-52-32-44(56)54-30-26-36-16-8-10-22-40(36)46(54)38-19-5-2-6-20-38/h7-10,15-16,21-22,37-38,41-42,45-46,51-52,59-60H,1-6,11-14,17-20,23-34H2. The molecular weight excluding hydrogens is 785 g/mol. The zero-order valence-electron chi connectivity index (χ0n) is 36.7. The molecule has 6 aliphatic rings. The molecule has 0 spiro atoms. The largest absolute Gasteiger partial charge is 0.451 e. The second-order valence-corrected chi connectivity index (χ2v) is 19.5. The van der Waals surface area contributed by atoms with E-state index in [1.807, 2.05) is 9.80 Å². The van der Waals surface area contributed by atoms with Crippen molar-refractivity contribution in [3.05, 3.63) is 70.8 Å². The van der Waals surface area contributed by atoms with Crippen LogP contribution in [0.25, 0.3) is 0 Å². The number of esters is 2. The minimum atomic E-state index is -1.47. The zero-order chi connectivity index (χ0) is 43.1. The van der Waals surface area contributed by atoms with Crippen molar-refractivity contribution in [2.45, 2.75) is 164 Å². The van der Waals surface area contributed by atoms with Crippen LogP contribution in [0.15, 0.2) is 48.5 Å². The molecule has 0 aromatic heterocycles. The Kier molecular flexibility index (Phi) is 14.7. The van der Waals surface area contributed by atoms with Crippen molar-refractivity contribution in [2.75, 3.05) is 39.3 Å². The van der Waals surface area contributed by atoms with Crippen molar-refractivity contribution in [2.24, 2.45) is 11.8 Å². The average Bonchev–Trinajstić information content (AvgIpc) is 3.30. The topological polar surface area (TPSA) is 158 Å². The number of carbonyl (C=O) groups excluding carboxylic acids is 4. The first-order chi connectivity index (χ1) is 30.1. The third-order valence-corrected chi connectivity index (χ3v) is 15.4. The fourth-order valence-electron chi connectivity index (χ4n) is 12.1. The number of hydrogen-bond donors (Lipinski definition) is 4. The SMILES string of the molecule is O=C(OC1CCCCC1(O)CNCC(=O)N1CCc2ccccc2C1C1CCCCC1)C(=O)OC1CCCCC1(O)CNCC(=O)N1CCc2ccccc2C1C1CCCCC1. The van der Waals surface area contributed by atoms with Crippen molar-refractivity contribution in [3.8, 4) is 0 Å². The molecule has 12 nitrogen and oxygen atoms in total. The number of nitrogens with one attached hydrogen (secondary N) is 2. The molecule has 338 valence electrons. The van der Waals surface area contributed by atoms with Crippen molar-refractivity contribution >= 4 is 23.8 Å². The number of nitrogens with zero attached hydrogens (tertiary/aromatic N) is 2. The third kappa shape index (κ3) is 10.1. The summed E-state index contributed by atoms with van der Waals surface area (Å²) in [6.45, 7) is 1.46. The summed E-state index contributed by atoms with van der Waals surface area (Å²) in [7, 11) is 0. The van der Waals surface area contributed by atoms with Crippen LogP contribution in [0.5, 0.6) is 0 Å². The molecule has 62 heavy (non-hydrogen) atoms. The summed E-state index contributed by atoms with van der Waals surface area (Å²) in [5.41, 5.74) is 2.20. The van der Waals surface area contributed by atoms with E-state index in [0.29, 0.717) is 76.3 Å². The van der Waals surface area contributed by atoms with E-state index >= 15 is 0 Å². The Morgan fingerprint density at radius 2 is 0.935 bits per heavy atom. The first kappa shape index (κ1) is 44.8. The molecule has 0 bridgehead atoms. The van der Waals surface area contributed by atoms with Gasteiger partial charge < -0.3 is 40.1 Å². The van der Waals surface area contributed by atoms with Crippen LogP contribution in [-0.4, -0.2) is 106 Å². The molecule has 12 heteroatoms. The second kappa shape index (κ2) is 20.3. The molecule has 6 atom stereocenters. The van der Waals surface area contributed by atoms with Gasteiger partial charge in [0.2, 0.25) is 11.8 Å². The number of aliphatic hydroxyl groups is 2. The fraction of sp³-hybridized carbons (Fsp3) is 0.680. The molecular formula is C50H70N4O8. The van der Waals surface area contributed by atoms with Crippen molar-refractivity contribution in [1.29, 1.82) is 0 Å². The molecule has 2 aromatic rings. The molecule has 6 unspecified atom stereocenters. The van der Waals surface area contributed by atoms with Gasteiger partial charge in [-0.3, -0.25) is 9.59 Å². The van der Waals surface area contributed by atoms with Gasteiger partial charge in [0.25, 0.3) is 0 Å². The second-order valence-electron chi connectivity index (χ2n) is 19.5. The summed E-state index contributed by atoms with van der Waals surface area (Å²) in [5.74, 6) is -1.58. The molecule has 2 aromatic carbocycles. The molecule has 0 saturated heterocycles. The van der Waals surface area contributed by atoms with Gasteiger partial charge in [0, 0.05) is 26.2 Å². The minimum Gasteiger partial charge on any atom is -0.451 e. The van der Waals surface area contributed by atoms with Gasteiger partial charge in [-0.05, 0) is 111 Å². The normalized spacial score (nSPS) is 29.6. The van der Waals surface area contributed by atoms with E-state index in [1.54, 1.807) is 0 Å². The van der Waals surface area contributed by atoms with Crippen molar-refractivity contribution in [3.63, 3.8) is 0 Å². The van der Waals surface area contributed by atoms with Crippen LogP contribution in [0.3, 0.4) is 0 Å². The van der Waals surface area contributed by atoms with Gasteiger partial charge in [0.15, 0.2) is 0 Å². The van der Waals surface area contributed by atoms with E-state index in [9.17, 15) is 29.4 Å². The average molecular weight is 855 g/mol. The highest BCUT2D eigenvalue weighted by Gasteiger charge is 2.46. The maximum atomic E-state index is 13.9. The van der Waals surface area contributed by atoms with Gasteiger partial charge in [-0.1, -0.05) is 99.9 Å². The summed E-state index contributed by atoms with van der Waals surface area (Å²) in [5, 5.41) is 30.1. The Balaban J connectivity index is 0.836. The maximum Gasteiger partial charge on any atom is 0.417 e. The first-order valence-corrected chi connectivity index (χ1v) is 24.2. The zero-order valence-corrected chi connectivity index (χ0v) is 36.7. The van der Waals surface area contributed by atoms with Gasteiger partial charge in [0.1, 0.15) is 23.4 Å². The van der Waals surface area contributed by atoms with Crippen LogP contribution in [0.2, 0.25) is 0 Å². The highest BCUT2D eigenvalue weighted by Crippen LogP contribution is 2.44. The lowest BCUT2D eigenvalue weighted by molar-refractivity contribution is -0.194. The monoisotopic (exact) mass is 855 g/mol. The van der Waals surface area contributed by atoms with E-state index in [2.05, 4.69) is 59.2 Å². The van der Waals surface area contributed by atoms with Crippen molar-refractivity contribution < 1.29 is 38.9 Å². The van der Waals surface area contributed by atoms with E-state index in [4.69, 9.17) is 9.47 Å². The Morgan fingerprint density at radius 3 is 1.35 bits per heavy atom. The number of ether oxygens (including phenoxy) is 2. The molecule has 4 aliphatic carbocycles. The number of rotatable bonds is 12. The summed E-state index contributed by atoms with van der Waals surface area (Å²) in [6, 6.07) is 17.1. The molecule has 4 fully saturated rings. The van der Waals surface area contributed by atoms with Crippen LogP contribution in [0.4, 0.5) is 0 Å². The van der Waals surface area contributed by atoms with E-state index < -0.39 is 35.3 Å². The lowest BCUT2D eigenvalue weighted by Crippen LogP contribution is -2.57. The Labute approximate surface area is 367 Å². The molecule has 4 saturated carbocycles. The highest BCUT2D eigenvalue weighted by atomic mass is 16.6. The predicted molar refractivity (Wildman–Crippen MR) is 235 cm³/mol. The van der Waals surface area contributed by atoms with Crippen LogP contribution in [0, 0.1) is 11.8 Å². The highest BCUT2D eigenvalue weighted by molar-refractivity contribution is 6.29. The predicted octanol–water partition coefficient (Wildman–Crippen LogP) is 6.01. The number of amides is 2. The molecule has 2 amide bonds. The molecule has 2 aliphatic heterocycles.